The topological polar surface area (TPSA) is 56.1 Å². The number of aryl methyl sites for hydroxylation is 2. The zero-order valence-electron chi connectivity index (χ0n) is 12.7. The van der Waals surface area contributed by atoms with Gasteiger partial charge in [-0.05, 0) is 25.5 Å². The number of esters is 1. The molecule has 1 N–H and O–H groups in total. The molecule has 0 radical (unpaired) electrons. The summed E-state index contributed by atoms with van der Waals surface area (Å²) in [6.07, 6.45) is 2.63. The molecule has 114 valence electrons. The van der Waals surface area contributed by atoms with Gasteiger partial charge < -0.3 is 10.1 Å². The average molecular weight is 307 g/mol. The minimum absolute atomic E-state index is 0.313. The molecule has 0 unspecified atom stereocenters. The Morgan fingerprint density at radius 1 is 1.33 bits per heavy atom. The molecule has 2 aromatic rings. The number of nitrogens with zero attached hydrogens (tertiary/aromatic N) is 2. The van der Waals surface area contributed by atoms with Crippen LogP contribution in [0.4, 0.5) is 0 Å². The summed E-state index contributed by atoms with van der Waals surface area (Å²) in [5, 5.41) is 7.50. The van der Waals surface area contributed by atoms with E-state index in [4.69, 9.17) is 4.74 Å². The Morgan fingerprint density at radius 3 is 2.76 bits per heavy atom. The first-order valence-corrected chi connectivity index (χ1v) is 7.93. The van der Waals surface area contributed by atoms with Crippen LogP contribution in [0.3, 0.4) is 0 Å². The van der Waals surface area contributed by atoms with Crippen molar-refractivity contribution in [3.05, 3.63) is 39.3 Å². The molecular formula is C15H21N3O2S. The van der Waals surface area contributed by atoms with Crippen LogP contribution in [-0.4, -0.2) is 22.4 Å². The van der Waals surface area contributed by atoms with Crippen LogP contribution in [-0.2, 0) is 31.3 Å². The first-order chi connectivity index (χ1) is 10.2. The fourth-order valence-electron chi connectivity index (χ4n) is 2.06. The van der Waals surface area contributed by atoms with Crippen molar-refractivity contribution in [3.8, 4) is 0 Å². The standard InChI is InChI=1S/C15H21N3O2S/c1-4-11-6-7-12(21-11)8-16-10-14-13(9-17-18(14)3)15(19)20-5-2/h6-7,9,16H,4-5,8,10H2,1-3H3. The van der Waals surface area contributed by atoms with Crippen molar-refractivity contribution in [2.75, 3.05) is 6.61 Å². The lowest BCUT2D eigenvalue weighted by Gasteiger charge is -2.07. The van der Waals surface area contributed by atoms with E-state index < -0.39 is 0 Å². The van der Waals surface area contributed by atoms with Crippen LogP contribution in [0, 0.1) is 0 Å². The van der Waals surface area contributed by atoms with Crippen LogP contribution in [0.15, 0.2) is 18.3 Å². The summed E-state index contributed by atoms with van der Waals surface area (Å²) >= 11 is 1.82. The summed E-state index contributed by atoms with van der Waals surface area (Å²) in [6.45, 7) is 5.70. The van der Waals surface area contributed by atoms with Crippen molar-refractivity contribution in [3.63, 3.8) is 0 Å². The van der Waals surface area contributed by atoms with E-state index in [1.165, 1.54) is 9.75 Å². The number of hydrogen-bond acceptors (Lipinski definition) is 5. The Kier molecular flexibility index (Phi) is 5.52. The summed E-state index contributed by atoms with van der Waals surface area (Å²) in [4.78, 5) is 14.5. The molecule has 0 bridgehead atoms. The normalized spacial score (nSPS) is 10.8. The largest absolute Gasteiger partial charge is 0.462 e. The van der Waals surface area contributed by atoms with Gasteiger partial charge in [-0.2, -0.15) is 5.10 Å². The highest BCUT2D eigenvalue weighted by Gasteiger charge is 2.16. The highest BCUT2D eigenvalue weighted by molar-refractivity contribution is 7.11. The fraction of sp³-hybridized carbons (Fsp3) is 0.467. The number of rotatable bonds is 7. The highest BCUT2D eigenvalue weighted by Crippen LogP contribution is 2.17. The zero-order valence-corrected chi connectivity index (χ0v) is 13.5. The van der Waals surface area contributed by atoms with Crippen molar-refractivity contribution in [1.29, 1.82) is 0 Å². The van der Waals surface area contributed by atoms with Crippen LogP contribution < -0.4 is 5.32 Å². The maximum absolute atomic E-state index is 11.9. The van der Waals surface area contributed by atoms with Gasteiger partial charge >= 0.3 is 5.97 Å². The van der Waals surface area contributed by atoms with Gasteiger partial charge in [0, 0.05) is 29.9 Å². The van der Waals surface area contributed by atoms with Gasteiger partial charge in [-0.15, -0.1) is 11.3 Å². The summed E-state index contributed by atoms with van der Waals surface area (Å²) < 4.78 is 6.76. The van der Waals surface area contributed by atoms with Gasteiger partial charge in [0.2, 0.25) is 0 Å². The van der Waals surface area contributed by atoms with Crippen molar-refractivity contribution >= 4 is 17.3 Å². The third-order valence-corrected chi connectivity index (χ3v) is 4.44. The molecule has 2 rings (SSSR count). The molecular weight excluding hydrogens is 286 g/mol. The Labute approximate surface area is 128 Å². The monoisotopic (exact) mass is 307 g/mol. The van der Waals surface area contributed by atoms with Crippen LogP contribution in [0.25, 0.3) is 0 Å². The first kappa shape index (κ1) is 15.7. The number of carbonyl (C=O) groups excluding carboxylic acids is 1. The molecule has 0 aliphatic carbocycles. The van der Waals surface area contributed by atoms with Crippen molar-refractivity contribution < 1.29 is 9.53 Å². The summed E-state index contributed by atoms with van der Waals surface area (Å²) in [7, 11) is 1.83. The van der Waals surface area contributed by atoms with E-state index in [1.807, 2.05) is 18.4 Å². The van der Waals surface area contributed by atoms with E-state index in [2.05, 4.69) is 29.5 Å². The van der Waals surface area contributed by atoms with Gasteiger partial charge in [-0.1, -0.05) is 6.92 Å². The lowest BCUT2D eigenvalue weighted by molar-refractivity contribution is 0.0524. The fourth-order valence-corrected chi connectivity index (χ4v) is 2.99. The molecule has 0 aliphatic heterocycles. The van der Waals surface area contributed by atoms with E-state index in [-0.39, 0.29) is 5.97 Å². The highest BCUT2D eigenvalue weighted by atomic mass is 32.1. The van der Waals surface area contributed by atoms with Gasteiger partial charge in [-0.3, -0.25) is 4.68 Å². The smallest absolute Gasteiger partial charge is 0.341 e. The predicted octanol–water partition coefficient (Wildman–Crippen LogP) is 2.51. The van der Waals surface area contributed by atoms with Crippen molar-refractivity contribution in [2.45, 2.75) is 33.4 Å². The van der Waals surface area contributed by atoms with Crippen LogP contribution >= 0.6 is 11.3 Å². The molecule has 5 nitrogen and oxygen atoms in total. The Morgan fingerprint density at radius 2 is 2.10 bits per heavy atom. The zero-order chi connectivity index (χ0) is 15.2. The maximum atomic E-state index is 11.9. The number of ether oxygens (including phenoxy) is 1. The van der Waals surface area contributed by atoms with Crippen LogP contribution in [0.1, 0.15) is 39.7 Å². The minimum atomic E-state index is -0.313. The molecule has 2 aromatic heterocycles. The quantitative estimate of drug-likeness (QED) is 0.799. The molecule has 0 aromatic carbocycles. The molecule has 0 atom stereocenters. The molecule has 0 amide bonds. The Bertz CT molecular complexity index is 604. The second-order valence-electron chi connectivity index (χ2n) is 4.67. The van der Waals surface area contributed by atoms with Gasteiger partial charge in [0.05, 0.1) is 18.5 Å². The third kappa shape index (κ3) is 3.92. The molecule has 6 heteroatoms. The lowest BCUT2D eigenvalue weighted by Crippen LogP contribution is -2.18. The Hall–Kier alpha value is -1.66. The number of hydrogen-bond donors (Lipinski definition) is 1. The molecule has 0 fully saturated rings. The van der Waals surface area contributed by atoms with Gasteiger partial charge in [-0.25, -0.2) is 4.79 Å². The molecule has 2 heterocycles. The van der Waals surface area contributed by atoms with Crippen LogP contribution in [0.5, 0.6) is 0 Å². The SMILES string of the molecule is CCOC(=O)c1cnn(C)c1CNCc1ccc(CC)s1. The van der Waals surface area contributed by atoms with E-state index >= 15 is 0 Å². The van der Waals surface area contributed by atoms with E-state index in [9.17, 15) is 4.79 Å². The lowest BCUT2D eigenvalue weighted by atomic mass is 10.2. The number of nitrogens with one attached hydrogen (secondary N) is 1. The number of thiophene rings is 1. The first-order valence-electron chi connectivity index (χ1n) is 7.12. The summed E-state index contributed by atoms with van der Waals surface area (Å²) in [5.74, 6) is -0.313. The molecule has 0 spiro atoms. The van der Waals surface area contributed by atoms with E-state index in [1.54, 1.807) is 17.8 Å². The number of aromatic nitrogens is 2. The second kappa shape index (κ2) is 7.38. The van der Waals surface area contributed by atoms with E-state index in [0.29, 0.717) is 18.7 Å². The predicted molar refractivity (Wildman–Crippen MR) is 83.4 cm³/mol. The second-order valence-corrected chi connectivity index (χ2v) is 5.93. The molecule has 21 heavy (non-hydrogen) atoms. The maximum Gasteiger partial charge on any atom is 0.341 e. The third-order valence-electron chi connectivity index (χ3n) is 3.21. The van der Waals surface area contributed by atoms with Gasteiger partial charge in [0.1, 0.15) is 5.56 Å². The number of carbonyl (C=O) groups is 1. The molecule has 0 aliphatic rings. The van der Waals surface area contributed by atoms with Crippen LogP contribution in [0.2, 0.25) is 0 Å². The van der Waals surface area contributed by atoms with Gasteiger partial charge in [0.15, 0.2) is 0 Å². The Balaban J connectivity index is 1.96. The summed E-state index contributed by atoms with van der Waals surface area (Å²) in [5.41, 5.74) is 1.38. The minimum Gasteiger partial charge on any atom is -0.462 e. The van der Waals surface area contributed by atoms with Crippen molar-refractivity contribution in [1.82, 2.24) is 15.1 Å². The average Bonchev–Trinajstić information content (AvgIpc) is 3.07. The summed E-state index contributed by atoms with van der Waals surface area (Å²) in [6, 6.07) is 4.31. The van der Waals surface area contributed by atoms with Crippen molar-refractivity contribution in [2.24, 2.45) is 7.05 Å². The van der Waals surface area contributed by atoms with E-state index in [0.717, 1.165) is 18.7 Å². The molecule has 0 saturated carbocycles. The molecule has 0 saturated heterocycles. The van der Waals surface area contributed by atoms with Gasteiger partial charge in [0.25, 0.3) is 0 Å².